The zero-order chi connectivity index (χ0) is 14.8. The van der Waals surface area contributed by atoms with E-state index >= 15 is 0 Å². The number of thiophene rings is 1. The van der Waals surface area contributed by atoms with Gasteiger partial charge in [0.1, 0.15) is 0 Å². The van der Waals surface area contributed by atoms with Gasteiger partial charge in [-0.15, -0.1) is 23.7 Å². The Labute approximate surface area is 145 Å². The van der Waals surface area contributed by atoms with Crippen molar-refractivity contribution in [1.82, 2.24) is 10.2 Å². The van der Waals surface area contributed by atoms with Crippen LogP contribution >= 0.6 is 35.3 Å². The number of carbonyl (C=O) groups excluding carboxylic acids is 1. The van der Waals surface area contributed by atoms with E-state index in [4.69, 9.17) is 11.6 Å². The number of amides is 1. The van der Waals surface area contributed by atoms with Crippen LogP contribution in [0.4, 0.5) is 0 Å². The van der Waals surface area contributed by atoms with E-state index in [1.54, 1.807) is 11.3 Å². The van der Waals surface area contributed by atoms with Crippen LogP contribution in [-0.2, 0) is 0 Å². The average Bonchev–Trinajstić information content (AvgIpc) is 2.93. The maximum Gasteiger partial charge on any atom is 0.264 e. The topological polar surface area (TPSA) is 32.3 Å². The fraction of sp³-hybridized carbons (Fsp3) is 0.312. The van der Waals surface area contributed by atoms with Crippen molar-refractivity contribution < 1.29 is 4.79 Å². The second-order valence-electron chi connectivity index (χ2n) is 5.18. The Balaban J connectivity index is 0.00000176. The Morgan fingerprint density at radius 3 is 2.86 bits per heavy atom. The summed E-state index contributed by atoms with van der Waals surface area (Å²) in [4.78, 5) is 16.7. The highest BCUT2D eigenvalue weighted by molar-refractivity contribution is 7.13. The first-order valence-corrected chi connectivity index (χ1v) is 8.18. The maximum atomic E-state index is 12.8. The molecule has 1 saturated heterocycles. The van der Waals surface area contributed by atoms with Crippen molar-refractivity contribution in [3.05, 3.63) is 56.7 Å². The van der Waals surface area contributed by atoms with Crippen LogP contribution in [0, 0.1) is 6.92 Å². The summed E-state index contributed by atoms with van der Waals surface area (Å²) >= 11 is 7.64. The van der Waals surface area contributed by atoms with Crippen molar-refractivity contribution in [1.29, 1.82) is 0 Å². The fourth-order valence-electron chi connectivity index (χ4n) is 2.65. The summed E-state index contributed by atoms with van der Waals surface area (Å²) in [6, 6.07) is 11.7. The van der Waals surface area contributed by atoms with Crippen molar-refractivity contribution in [3.63, 3.8) is 0 Å². The molecule has 0 aliphatic carbocycles. The molecule has 0 spiro atoms. The zero-order valence-electron chi connectivity index (χ0n) is 12.2. The monoisotopic (exact) mass is 356 g/mol. The smallest absolute Gasteiger partial charge is 0.264 e. The molecule has 3 rings (SSSR count). The summed E-state index contributed by atoms with van der Waals surface area (Å²) in [5.74, 6) is 0.111. The fourth-order valence-corrected chi connectivity index (χ4v) is 3.67. The van der Waals surface area contributed by atoms with E-state index < -0.39 is 0 Å². The van der Waals surface area contributed by atoms with E-state index in [2.05, 4.69) is 5.32 Å². The van der Waals surface area contributed by atoms with Crippen LogP contribution < -0.4 is 5.32 Å². The molecule has 22 heavy (non-hydrogen) atoms. The van der Waals surface area contributed by atoms with Gasteiger partial charge in [0.05, 0.1) is 10.9 Å². The molecule has 1 aromatic heterocycles. The molecule has 1 aliphatic rings. The van der Waals surface area contributed by atoms with E-state index in [0.717, 1.165) is 28.4 Å². The van der Waals surface area contributed by atoms with Gasteiger partial charge in [-0.05, 0) is 36.8 Å². The molecule has 1 aromatic carbocycles. The van der Waals surface area contributed by atoms with Gasteiger partial charge < -0.3 is 10.2 Å². The van der Waals surface area contributed by atoms with Crippen molar-refractivity contribution in [2.75, 3.05) is 19.6 Å². The van der Waals surface area contributed by atoms with Gasteiger partial charge in [-0.2, -0.15) is 0 Å². The number of carbonyl (C=O) groups is 1. The Hall–Kier alpha value is -1.07. The molecule has 1 amide bonds. The third kappa shape index (κ3) is 3.63. The lowest BCUT2D eigenvalue weighted by molar-refractivity contribution is 0.0639. The molecular formula is C16H18Cl2N2OS. The summed E-state index contributed by atoms with van der Waals surface area (Å²) in [6.45, 7) is 4.32. The number of rotatable bonds is 2. The lowest BCUT2D eigenvalue weighted by Crippen LogP contribution is -2.48. The number of piperazine rings is 1. The third-order valence-corrected chi connectivity index (χ3v) is 4.91. The minimum atomic E-state index is 0. The quantitative estimate of drug-likeness (QED) is 0.884. The highest BCUT2D eigenvalue weighted by Gasteiger charge is 2.29. The molecule has 2 aromatic rings. The van der Waals surface area contributed by atoms with E-state index in [9.17, 15) is 4.79 Å². The maximum absolute atomic E-state index is 12.8. The van der Waals surface area contributed by atoms with E-state index in [1.165, 1.54) is 0 Å². The van der Waals surface area contributed by atoms with Crippen molar-refractivity contribution in [3.8, 4) is 0 Å². The molecule has 3 nitrogen and oxygen atoms in total. The average molecular weight is 357 g/mol. The number of nitrogens with zero attached hydrogens (tertiary/aromatic N) is 1. The van der Waals surface area contributed by atoms with Crippen LogP contribution in [0.15, 0.2) is 36.4 Å². The minimum absolute atomic E-state index is 0. The van der Waals surface area contributed by atoms with E-state index in [-0.39, 0.29) is 24.4 Å². The zero-order valence-corrected chi connectivity index (χ0v) is 14.6. The minimum Gasteiger partial charge on any atom is -0.328 e. The normalized spacial score (nSPS) is 17.9. The molecule has 1 N–H and O–H groups in total. The van der Waals surface area contributed by atoms with Gasteiger partial charge in [0.2, 0.25) is 0 Å². The summed E-state index contributed by atoms with van der Waals surface area (Å²) in [5, 5.41) is 4.07. The first-order chi connectivity index (χ1) is 10.1. The second kappa shape index (κ2) is 7.47. The SMILES string of the molecule is Cc1ccc(C(=O)N2CCNCC2c2cccc(Cl)c2)s1.Cl. The lowest BCUT2D eigenvalue weighted by atomic mass is 10.0. The first-order valence-electron chi connectivity index (χ1n) is 6.99. The molecule has 0 saturated carbocycles. The van der Waals surface area contributed by atoms with Crippen LogP contribution in [0.1, 0.15) is 26.2 Å². The highest BCUT2D eigenvalue weighted by Crippen LogP contribution is 2.27. The Bertz CT molecular complexity index is 659. The van der Waals surface area contributed by atoms with E-state index in [1.807, 2.05) is 48.2 Å². The summed E-state index contributed by atoms with van der Waals surface area (Å²) in [5.41, 5.74) is 1.08. The van der Waals surface area contributed by atoms with E-state index in [0.29, 0.717) is 11.6 Å². The molecule has 1 aliphatic heterocycles. The molecule has 1 unspecified atom stereocenters. The third-order valence-electron chi connectivity index (χ3n) is 3.69. The molecule has 6 heteroatoms. The molecule has 0 bridgehead atoms. The van der Waals surface area contributed by atoms with Crippen LogP contribution in [0.5, 0.6) is 0 Å². The largest absolute Gasteiger partial charge is 0.328 e. The standard InChI is InChI=1S/C16H17ClN2OS.ClH/c1-11-5-6-15(21-11)16(20)19-8-7-18-10-14(19)12-3-2-4-13(17)9-12;/h2-6,9,14,18H,7-8,10H2,1H3;1H. The first kappa shape index (κ1) is 17.3. The highest BCUT2D eigenvalue weighted by atomic mass is 35.5. The van der Waals surface area contributed by atoms with Crippen LogP contribution in [0.2, 0.25) is 5.02 Å². The van der Waals surface area contributed by atoms with Crippen molar-refractivity contribution in [2.24, 2.45) is 0 Å². The Morgan fingerprint density at radius 2 is 2.18 bits per heavy atom. The van der Waals surface area contributed by atoms with Gasteiger partial charge in [0, 0.05) is 29.5 Å². The molecule has 2 heterocycles. The predicted octanol–water partition coefficient (Wildman–Crippen LogP) is 3.92. The van der Waals surface area contributed by atoms with Gasteiger partial charge in [0.25, 0.3) is 5.91 Å². The number of halogens is 2. The van der Waals surface area contributed by atoms with Crippen LogP contribution in [0.3, 0.4) is 0 Å². The number of benzene rings is 1. The second-order valence-corrected chi connectivity index (χ2v) is 6.91. The van der Waals surface area contributed by atoms with Gasteiger partial charge in [-0.1, -0.05) is 23.7 Å². The molecular weight excluding hydrogens is 339 g/mol. The van der Waals surface area contributed by atoms with Crippen molar-refractivity contribution in [2.45, 2.75) is 13.0 Å². The van der Waals surface area contributed by atoms with Crippen molar-refractivity contribution >= 4 is 41.3 Å². The molecule has 1 atom stereocenters. The molecule has 0 radical (unpaired) electrons. The Morgan fingerprint density at radius 1 is 1.36 bits per heavy atom. The number of aryl methyl sites for hydroxylation is 1. The predicted molar refractivity (Wildman–Crippen MR) is 94.4 cm³/mol. The summed E-state index contributed by atoms with van der Waals surface area (Å²) in [6.07, 6.45) is 0. The summed E-state index contributed by atoms with van der Waals surface area (Å²) in [7, 11) is 0. The molecule has 1 fully saturated rings. The summed E-state index contributed by atoms with van der Waals surface area (Å²) < 4.78 is 0. The van der Waals surface area contributed by atoms with Crippen LogP contribution in [0.25, 0.3) is 0 Å². The van der Waals surface area contributed by atoms with Gasteiger partial charge >= 0.3 is 0 Å². The number of nitrogens with one attached hydrogen (secondary N) is 1. The van der Waals surface area contributed by atoms with Gasteiger partial charge in [-0.3, -0.25) is 4.79 Å². The number of hydrogen-bond donors (Lipinski definition) is 1. The van der Waals surface area contributed by atoms with Gasteiger partial charge in [-0.25, -0.2) is 0 Å². The Kier molecular flexibility index (Phi) is 5.87. The van der Waals surface area contributed by atoms with Gasteiger partial charge in [0.15, 0.2) is 0 Å². The number of hydrogen-bond acceptors (Lipinski definition) is 3. The van der Waals surface area contributed by atoms with Crippen LogP contribution in [-0.4, -0.2) is 30.4 Å². The molecule has 118 valence electrons. The lowest BCUT2D eigenvalue weighted by Gasteiger charge is -2.36.